The van der Waals surface area contributed by atoms with Crippen molar-refractivity contribution in [2.45, 2.75) is 51.9 Å². The van der Waals surface area contributed by atoms with Gasteiger partial charge in [-0.1, -0.05) is 0 Å². The van der Waals surface area contributed by atoms with Gasteiger partial charge in [-0.25, -0.2) is 0 Å². The molecule has 0 bridgehead atoms. The summed E-state index contributed by atoms with van der Waals surface area (Å²) in [6.07, 6.45) is 4.54. The fourth-order valence-corrected chi connectivity index (χ4v) is 1.58. The first kappa shape index (κ1) is 11.7. The first-order valence-corrected chi connectivity index (χ1v) is 6.15. The molecule has 0 spiro atoms. The van der Waals surface area contributed by atoms with Gasteiger partial charge in [0.2, 0.25) is 0 Å². The van der Waals surface area contributed by atoms with Gasteiger partial charge in [-0.15, -0.1) is 0 Å². The lowest BCUT2D eigenvalue weighted by atomic mass is 10.2. The average Bonchev–Trinajstić information content (AvgIpc) is 2.97. The van der Waals surface area contributed by atoms with Gasteiger partial charge >= 0.3 is 0 Å². The third-order valence-corrected chi connectivity index (χ3v) is 3.17. The van der Waals surface area contributed by atoms with Crippen molar-refractivity contribution in [3.05, 3.63) is 23.7 Å². The van der Waals surface area contributed by atoms with E-state index < -0.39 is 0 Å². The van der Waals surface area contributed by atoms with Gasteiger partial charge in [0.25, 0.3) is 0 Å². The highest BCUT2D eigenvalue weighted by molar-refractivity contribution is 5.13. The number of hydrogen-bond donors (Lipinski definition) is 1. The summed E-state index contributed by atoms with van der Waals surface area (Å²) in [4.78, 5) is 2.27. The van der Waals surface area contributed by atoms with E-state index in [1.165, 1.54) is 18.4 Å². The molecule has 16 heavy (non-hydrogen) atoms. The topological polar surface area (TPSA) is 28.4 Å². The zero-order valence-electron chi connectivity index (χ0n) is 10.5. The number of hydrogen-bond acceptors (Lipinski definition) is 3. The van der Waals surface area contributed by atoms with Crippen molar-refractivity contribution in [2.24, 2.45) is 0 Å². The highest BCUT2D eigenvalue weighted by Crippen LogP contribution is 2.20. The van der Waals surface area contributed by atoms with Gasteiger partial charge in [-0.05, 0) is 39.8 Å². The second kappa shape index (κ2) is 5.02. The predicted octanol–water partition coefficient (Wildman–Crippen LogP) is 2.37. The van der Waals surface area contributed by atoms with E-state index >= 15 is 0 Å². The molecule has 90 valence electrons. The van der Waals surface area contributed by atoms with E-state index in [2.05, 4.69) is 37.2 Å². The number of nitrogens with zero attached hydrogens (tertiary/aromatic N) is 1. The Kier molecular flexibility index (Phi) is 3.66. The quantitative estimate of drug-likeness (QED) is 0.801. The summed E-state index contributed by atoms with van der Waals surface area (Å²) in [6, 6.07) is 3.48. The van der Waals surface area contributed by atoms with Crippen molar-refractivity contribution in [2.75, 3.05) is 7.05 Å². The van der Waals surface area contributed by atoms with Crippen LogP contribution in [0.3, 0.4) is 0 Å². The summed E-state index contributed by atoms with van der Waals surface area (Å²) in [6.45, 7) is 6.22. The highest BCUT2D eigenvalue weighted by Gasteiger charge is 2.20. The summed E-state index contributed by atoms with van der Waals surface area (Å²) in [5, 5.41) is 3.49. The van der Waals surface area contributed by atoms with Crippen LogP contribution in [0.1, 0.15) is 38.0 Å². The van der Waals surface area contributed by atoms with Crippen LogP contribution in [-0.2, 0) is 13.1 Å². The molecule has 3 heteroatoms. The molecular weight excluding hydrogens is 200 g/mol. The Morgan fingerprint density at radius 3 is 2.88 bits per heavy atom. The van der Waals surface area contributed by atoms with Crippen molar-refractivity contribution in [3.63, 3.8) is 0 Å². The average molecular weight is 222 g/mol. The minimum absolute atomic E-state index is 0.554. The maximum Gasteiger partial charge on any atom is 0.118 e. The Labute approximate surface area is 97.8 Å². The van der Waals surface area contributed by atoms with Crippen LogP contribution < -0.4 is 5.32 Å². The fourth-order valence-electron chi connectivity index (χ4n) is 1.58. The van der Waals surface area contributed by atoms with Crippen LogP contribution in [0.4, 0.5) is 0 Å². The molecule has 2 rings (SSSR count). The lowest BCUT2D eigenvalue weighted by Crippen LogP contribution is -2.25. The van der Waals surface area contributed by atoms with Gasteiger partial charge < -0.3 is 9.73 Å². The van der Waals surface area contributed by atoms with E-state index in [0.717, 1.165) is 24.9 Å². The van der Waals surface area contributed by atoms with E-state index in [-0.39, 0.29) is 0 Å². The van der Waals surface area contributed by atoms with Crippen molar-refractivity contribution < 1.29 is 4.42 Å². The summed E-state index contributed by atoms with van der Waals surface area (Å²) in [5.41, 5.74) is 1.26. The maximum atomic E-state index is 5.56. The molecule has 0 amide bonds. The molecule has 0 unspecified atom stereocenters. The van der Waals surface area contributed by atoms with Gasteiger partial charge in [0.05, 0.1) is 12.8 Å². The Bertz CT molecular complexity index is 328. The number of rotatable bonds is 6. The Hall–Kier alpha value is -0.800. The smallest absolute Gasteiger partial charge is 0.118 e. The minimum Gasteiger partial charge on any atom is -0.468 e. The molecule has 1 aromatic rings. The molecular formula is C13H22N2O. The molecule has 0 aromatic carbocycles. The Morgan fingerprint density at radius 2 is 2.25 bits per heavy atom. The molecule has 1 aliphatic carbocycles. The summed E-state index contributed by atoms with van der Waals surface area (Å²) in [5.74, 6) is 1.06. The van der Waals surface area contributed by atoms with E-state index in [1.54, 1.807) is 0 Å². The van der Waals surface area contributed by atoms with Crippen molar-refractivity contribution in [3.8, 4) is 0 Å². The lowest BCUT2D eigenvalue weighted by Gasteiger charge is -2.19. The molecule has 1 aromatic heterocycles. The summed E-state index contributed by atoms with van der Waals surface area (Å²) >= 11 is 0. The largest absolute Gasteiger partial charge is 0.468 e. The molecule has 0 atom stereocenters. The van der Waals surface area contributed by atoms with Crippen LogP contribution in [0.15, 0.2) is 16.7 Å². The molecule has 0 radical (unpaired) electrons. The van der Waals surface area contributed by atoms with Crippen molar-refractivity contribution in [1.82, 2.24) is 10.2 Å². The SMILES string of the molecule is CC(C)N(C)Cc1cc(CNC2CC2)co1. The van der Waals surface area contributed by atoms with Crippen LogP contribution in [0.5, 0.6) is 0 Å². The van der Waals surface area contributed by atoms with E-state index in [0.29, 0.717) is 6.04 Å². The second-order valence-corrected chi connectivity index (χ2v) is 5.09. The molecule has 1 N–H and O–H groups in total. The molecule has 0 aliphatic heterocycles. The summed E-state index contributed by atoms with van der Waals surface area (Å²) < 4.78 is 5.56. The van der Waals surface area contributed by atoms with E-state index in [4.69, 9.17) is 4.42 Å². The molecule has 0 saturated heterocycles. The van der Waals surface area contributed by atoms with Crippen LogP contribution >= 0.6 is 0 Å². The Balaban J connectivity index is 1.81. The van der Waals surface area contributed by atoms with Gasteiger partial charge in [-0.2, -0.15) is 0 Å². The molecule has 1 aliphatic rings. The Morgan fingerprint density at radius 1 is 1.50 bits per heavy atom. The monoisotopic (exact) mass is 222 g/mol. The molecule has 3 nitrogen and oxygen atoms in total. The van der Waals surface area contributed by atoms with E-state index in [1.807, 2.05) is 6.26 Å². The molecule has 1 fully saturated rings. The highest BCUT2D eigenvalue weighted by atomic mass is 16.3. The summed E-state index contributed by atoms with van der Waals surface area (Å²) in [7, 11) is 2.12. The van der Waals surface area contributed by atoms with Crippen molar-refractivity contribution in [1.29, 1.82) is 0 Å². The van der Waals surface area contributed by atoms with Crippen molar-refractivity contribution >= 4 is 0 Å². The van der Waals surface area contributed by atoms with Gasteiger partial charge in [0, 0.05) is 24.2 Å². The van der Waals surface area contributed by atoms with Crippen LogP contribution in [0.2, 0.25) is 0 Å². The second-order valence-electron chi connectivity index (χ2n) is 5.09. The number of nitrogens with one attached hydrogen (secondary N) is 1. The predicted molar refractivity (Wildman–Crippen MR) is 65.2 cm³/mol. The fraction of sp³-hybridized carbons (Fsp3) is 0.692. The van der Waals surface area contributed by atoms with E-state index in [9.17, 15) is 0 Å². The molecule has 1 saturated carbocycles. The van der Waals surface area contributed by atoms with Gasteiger partial charge in [-0.3, -0.25) is 4.90 Å². The third-order valence-electron chi connectivity index (χ3n) is 3.17. The zero-order chi connectivity index (χ0) is 11.5. The van der Waals surface area contributed by atoms with Gasteiger partial charge in [0.1, 0.15) is 5.76 Å². The maximum absolute atomic E-state index is 5.56. The van der Waals surface area contributed by atoms with Gasteiger partial charge in [0.15, 0.2) is 0 Å². The molecule has 1 heterocycles. The van der Waals surface area contributed by atoms with Crippen LogP contribution in [-0.4, -0.2) is 24.0 Å². The first-order chi connectivity index (χ1) is 7.65. The number of furan rings is 1. The zero-order valence-corrected chi connectivity index (χ0v) is 10.5. The normalized spacial score (nSPS) is 16.3. The minimum atomic E-state index is 0.554. The lowest BCUT2D eigenvalue weighted by molar-refractivity contribution is 0.244. The first-order valence-electron chi connectivity index (χ1n) is 6.15. The standard InChI is InChI=1S/C13H22N2O/c1-10(2)15(3)8-13-6-11(9-16-13)7-14-12-4-5-12/h6,9-10,12,14H,4-5,7-8H2,1-3H3. The van der Waals surface area contributed by atoms with Crippen LogP contribution in [0.25, 0.3) is 0 Å². The third kappa shape index (κ3) is 3.35. The van der Waals surface area contributed by atoms with Crippen LogP contribution in [0, 0.1) is 0 Å².